The number of carbonyl (C=O) groups excluding carboxylic acids is 3. The zero-order chi connectivity index (χ0) is 25.7. The predicted molar refractivity (Wildman–Crippen MR) is 134 cm³/mol. The molecule has 0 aliphatic carbocycles. The molecule has 0 saturated carbocycles. The number of halogens is 1. The smallest absolute Gasteiger partial charge is 0.312 e. The number of aryl methyl sites for hydroxylation is 2. The zero-order valence-corrected chi connectivity index (χ0v) is 22.5. The Kier molecular flexibility index (Phi) is 7.33. The lowest BCUT2D eigenvalue weighted by Gasteiger charge is -2.38. The highest BCUT2D eigenvalue weighted by Gasteiger charge is 2.77. The van der Waals surface area contributed by atoms with Crippen molar-refractivity contribution in [3.63, 3.8) is 0 Å². The van der Waals surface area contributed by atoms with E-state index in [1.807, 2.05) is 45.9 Å². The molecule has 3 aliphatic heterocycles. The van der Waals surface area contributed by atoms with Crippen LogP contribution in [0.25, 0.3) is 0 Å². The summed E-state index contributed by atoms with van der Waals surface area (Å²) in [6.45, 7) is 9.41. The van der Waals surface area contributed by atoms with Gasteiger partial charge in [-0.2, -0.15) is 0 Å². The van der Waals surface area contributed by atoms with Crippen LogP contribution in [-0.4, -0.2) is 69.6 Å². The maximum Gasteiger partial charge on any atom is 0.312 e. The second kappa shape index (κ2) is 9.82. The monoisotopic (exact) mass is 550 g/mol. The average molecular weight is 551 g/mol. The van der Waals surface area contributed by atoms with Gasteiger partial charge in [-0.15, -0.1) is 0 Å². The lowest BCUT2D eigenvalue weighted by atomic mass is 9.70. The van der Waals surface area contributed by atoms with Crippen molar-refractivity contribution in [1.82, 2.24) is 4.90 Å². The Labute approximate surface area is 214 Å². The van der Waals surface area contributed by atoms with E-state index >= 15 is 0 Å². The van der Waals surface area contributed by atoms with Gasteiger partial charge in [-0.05, 0) is 50.3 Å². The number of hydrogen-bond acceptors (Lipinski definition) is 6. The van der Waals surface area contributed by atoms with E-state index in [0.717, 1.165) is 11.1 Å². The van der Waals surface area contributed by atoms with Gasteiger partial charge in [-0.25, -0.2) is 0 Å². The number of aliphatic hydroxyl groups excluding tert-OH is 1. The molecule has 3 heterocycles. The van der Waals surface area contributed by atoms with Crippen LogP contribution in [0.2, 0.25) is 0 Å². The van der Waals surface area contributed by atoms with Gasteiger partial charge in [0.2, 0.25) is 11.8 Å². The normalized spacial score (nSPS) is 32.9. The van der Waals surface area contributed by atoms with Crippen molar-refractivity contribution in [2.24, 2.45) is 17.8 Å². The van der Waals surface area contributed by atoms with Crippen LogP contribution in [0.5, 0.6) is 0 Å². The first kappa shape index (κ1) is 26.1. The van der Waals surface area contributed by atoms with E-state index in [-0.39, 0.29) is 35.8 Å². The number of benzene rings is 1. The Morgan fingerprint density at radius 1 is 1.34 bits per heavy atom. The Morgan fingerprint density at radius 2 is 2.06 bits per heavy atom. The molecule has 3 fully saturated rings. The van der Waals surface area contributed by atoms with Gasteiger partial charge in [-0.3, -0.25) is 14.4 Å². The lowest BCUT2D eigenvalue weighted by molar-refractivity contribution is -0.155. The molecule has 2 N–H and O–H groups in total. The van der Waals surface area contributed by atoms with Crippen LogP contribution in [0.3, 0.4) is 0 Å². The minimum Gasteiger partial charge on any atom is -0.466 e. The molecule has 4 rings (SSSR count). The molecule has 0 radical (unpaired) electrons. The third-order valence-electron chi connectivity index (χ3n) is 8.03. The minimum absolute atomic E-state index is 0.0619. The molecule has 8 atom stereocenters. The number of amides is 2. The molecule has 2 amide bonds. The maximum atomic E-state index is 14.0. The van der Waals surface area contributed by atoms with Crippen molar-refractivity contribution in [1.29, 1.82) is 0 Å². The number of esters is 1. The molecule has 1 spiro atoms. The van der Waals surface area contributed by atoms with Gasteiger partial charge in [0.1, 0.15) is 11.6 Å². The number of ether oxygens (including phenoxy) is 2. The molecule has 35 heavy (non-hydrogen) atoms. The molecule has 1 aromatic rings. The molecule has 3 unspecified atom stereocenters. The highest BCUT2D eigenvalue weighted by molar-refractivity contribution is 9.09. The predicted octanol–water partition coefficient (Wildman–Crippen LogP) is 2.96. The van der Waals surface area contributed by atoms with Gasteiger partial charge < -0.3 is 24.8 Å². The first-order chi connectivity index (χ1) is 16.6. The minimum atomic E-state index is -1.18. The van der Waals surface area contributed by atoms with Crippen molar-refractivity contribution in [2.75, 3.05) is 18.5 Å². The number of fused-ring (bicyclic) bond motifs is 1. The first-order valence-electron chi connectivity index (χ1n) is 12.4. The van der Waals surface area contributed by atoms with Gasteiger partial charge in [0, 0.05) is 10.5 Å². The van der Waals surface area contributed by atoms with Crippen LogP contribution >= 0.6 is 15.9 Å². The SMILES string of the molecule is CCOC(=O)[C@H]1[C@@H]2OC3(CC2Br)C(C(=O)Nc2cc(C)ccc2C)N([C@@H](CO)[C@@H](C)CC)C(=O)[C@H]13. The highest BCUT2D eigenvalue weighted by atomic mass is 79.9. The Hall–Kier alpha value is -1.97. The van der Waals surface area contributed by atoms with Gasteiger partial charge >= 0.3 is 5.97 Å². The van der Waals surface area contributed by atoms with Crippen LogP contribution in [-0.2, 0) is 23.9 Å². The third-order valence-corrected chi connectivity index (χ3v) is 8.88. The van der Waals surface area contributed by atoms with Crippen LogP contribution in [0, 0.1) is 31.6 Å². The van der Waals surface area contributed by atoms with Crippen LogP contribution in [0.4, 0.5) is 5.69 Å². The second-order valence-electron chi connectivity index (χ2n) is 10.1. The summed E-state index contributed by atoms with van der Waals surface area (Å²) in [6.07, 6.45) is 0.561. The number of likely N-dealkylation sites (tertiary alicyclic amines) is 1. The standard InChI is InChI=1S/C26H35BrN2O6/c1-6-14(4)18(12-30)29-22(23(31)28-17-10-13(3)8-9-15(17)5)26-11-16(27)21(35-26)19(20(26)24(29)32)25(33)34-7-2/h8-10,14,16,18-22,30H,6-7,11-12H2,1-5H3,(H,28,31)/t14-,16?,18-,19+,20-,21+,22?,26?/m0/s1. The topological polar surface area (TPSA) is 105 Å². The first-order valence-corrected chi connectivity index (χ1v) is 13.3. The molecule has 3 aliphatic rings. The molecular formula is C26H35BrN2O6. The number of alkyl halides is 1. The van der Waals surface area contributed by atoms with E-state index in [9.17, 15) is 19.5 Å². The Morgan fingerprint density at radius 3 is 2.69 bits per heavy atom. The van der Waals surface area contributed by atoms with Crippen molar-refractivity contribution in [2.45, 2.75) is 76.1 Å². The van der Waals surface area contributed by atoms with Gasteiger partial charge in [-0.1, -0.05) is 48.3 Å². The fourth-order valence-electron chi connectivity index (χ4n) is 6.12. The number of nitrogens with one attached hydrogen (secondary N) is 1. The van der Waals surface area contributed by atoms with E-state index in [4.69, 9.17) is 9.47 Å². The number of rotatable bonds is 8. The Bertz CT molecular complexity index is 1020. The molecule has 2 bridgehead atoms. The zero-order valence-electron chi connectivity index (χ0n) is 20.9. The summed E-state index contributed by atoms with van der Waals surface area (Å²) in [5.41, 5.74) is 1.37. The second-order valence-corrected chi connectivity index (χ2v) is 11.3. The van der Waals surface area contributed by atoms with Crippen molar-refractivity contribution < 1.29 is 29.0 Å². The van der Waals surface area contributed by atoms with E-state index in [2.05, 4.69) is 21.2 Å². The van der Waals surface area contributed by atoms with Crippen LogP contribution < -0.4 is 5.32 Å². The van der Waals surface area contributed by atoms with E-state index in [1.165, 1.54) is 4.90 Å². The summed E-state index contributed by atoms with van der Waals surface area (Å²) < 4.78 is 11.8. The van der Waals surface area contributed by atoms with Crippen molar-refractivity contribution in [3.05, 3.63) is 29.3 Å². The van der Waals surface area contributed by atoms with E-state index < -0.39 is 41.6 Å². The molecule has 1 aromatic carbocycles. The number of nitrogens with zero attached hydrogens (tertiary/aromatic N) is 1. The quantitative estimate of drug-likeness (QED) is 0.381. The number of hydrogen-bond donors (Lipinski definition) is 2. The van der Waals surface area contributed by atoms with Gasteiger partial charge in [0.15, 0.2) is 0 Å². The summed E-state index contributed by atoms with van der Waals surface area (Å²) in [5, 5.41) is 13.4. The number of aliphatic hydroxyl groups is 1. The lowest BCUT2D eigenvalue weighted by Crippen LogP contribution is -2.57. The maximum absolute atomic E-state index is 14.0. The van der Waals surface area contributed by atoms with Gasteiger partial charge in [0.25, 0.3) is 0 Å². The highest BCUT2D eigenvalue weighted by Crippen LogP contribution is 2.60. The molecule has 192 valence electrons. The van der Waals surface area contributed by atoms with Crippen molar-refractivity contribution >= 4 is 39.4 Å². The molecular weight excluding hydrogens is 516 g/mol. The average Bonchev–Trinajstić information content (AvgIpc) is 3.40. The summed E-state index contributed by atoms with van der Waals surface area (Å²) >= 11 is 3.64. The number of carbonyl (C=O) groups is 3. The molecule has 0 aromatic heterocycles. The fourth-order valence-corrected chi connectivity index (χ4v) is 7.06. The fraction of sp³-hybridized carbons (Fsp3) is 0.654. The largest absolute Gasteiger partial charge is 0.466 e. The molecule has 8 nitrogen and oxygen atoms in total. The molecule has 3 saturated heterocycles. The summed E-state index contributed by atoms with van der Waals surface area (Å²) in [6, 6.07) is 4.22. The van der Waals surface area contributed by atoms with Gasteiger partial charge in [0.05, 0.1) is 37.2 Å². The summed E-state index contributed by atoms with van der Waals surface area (Å²) in [7, 11) is 0. The van der Waals surface area contributed by atoms with Crippen LogP contribution in [0.1, 0.15) is 44.7 Å². The summed E-state index contributed by atoms with van der Waals surface area (Å²) in [4.78, 5) is 42.4. The van der Waals surface area contributed by atoms with E-state index in [1.54, 1.807) is 6.92 Å². The third kappa shape index (κ3) is 4.09. The Balaban J connectivity index is 1.80. The van der Waals surface area contributed by atoms with E-state index in [0.29, 0.717) is 18.5 Å². The molecule has 9 heteroatoms. The number of anilines is 1. The summed E-state index contributed by atoms with van der Waals surface area (Å²) in [5.74, 6) is -2.90. The van der Waals surface area contributed by atoms with Crippen molar-refractivity contribution in [3.8, 4) is 0 Å². The van der Waals surface area contributed by atoms with Crippen LogP contribution in [0.15, 0.2) is 18.2 Å².